The van der Waals surface area contributed by atoms with Gasteiger partial charge in [-0.15, -0.1) is 0 Å². The van der Waals surface area contributed by atoms with Gasteiger partial charge in [0, 0.05) is 37.7 Å². The van der Waals surface area contributed by atoms with Gasteiger partial charge in [0.05, 0.1) is 20.3 Å². The lowest BCUT2D eigenvalue weighted by atomic mass is 10.2. The van der Waals surface area contributed by atoms with Gasteiger partial charge in [0.1, 0.15) is 6.61 Å². The summed E-state index contributed by atoms with van der Waals surface area (Å²) in [6.07, 6.45) is 0. The zero-order valence-electron chi connectivity index (χ0n) is 16.1. The maximum Gasteiger partial charge on any atom is 0.161 e. The number of rotatable bonds is 9. The van der Waals surface area contributed by atoms with E-state index in [4.69, 9.17) is 25.8 Å². The minimum absolute atomic E-state index is 0. The molecule has 3 rings (SSSR count). The summed E-state index contributed by atoms with van der Waals surface area (Å²) in [7, 11) is 1.66. The number of nitrogens with one attached hydrogen (secondary N) is 1. The van der Waals surface area contributed by atoms with Crippen molar-refractivity contribution in [3.8, 4) is 11.5 Å². The number of nitrogens with zero attached hydrogens (tertiary/aromatic N) is 1. The van der Waals surface area contributed by atoms with Crippen molar-refractivity contribution in [2.45, 2.75) is 13.2 Å². The van der Waals surface area contributed by atoms with E-state index in [1.807, 2.05) is 36.4 Å². The van der Waals surface area contributed by atoms with Crippen molar-refractivity contribution in [2.75, 3.05) is 46.5 Å². The molecule has 1 fully saturated rings. The molecule has 1 heterocycles. The first kappa shape index (κ1) is 22.8. The van der Waals surface area contributed by atoms with Crippen LogP contribution in [0.1, 0.15) is 11.1 Å². The number of hydrogen-bond donors (Lipinski definition) is 1. The number of hydrogen-bond acceptors (Lipinski definition) is 5. The standard InChI is InChI=1S/C21H27ClN2O3.ClH/c1-25-21-14-17(15-23-7-8-24-9-11-26-12-10-24)5-6-20(21)27-16-18-3-2-4-19(22)13-18;/h2-6,13-14,23H,7-12,15-16H2,1H3;1H/p-1. The van der Waals surface area contributed by atoms with Crippen LogP contribution in [-0.4, -0.2) is 51.4 Å². The average molecular weight is 426 g/mol. The summed E-state index contributed by atoms with van der Waals surface area (Å²) < 4.78 is 16.8. The SMILES string of the molecule is COc1cc(CNCCN2CCOCC2)ccc1OCc1cccc(Cl)c1.[Cl-]. The quantitative estimate of drug-likeness (QED) is 0.587. The Bertz CT molecular complexity index is 725. The predicted molar refractivity (Wildman–Crippen MR) is 108 cm³/mol. The molecule has 2 aromatic rings. The highest BCUT2D eigenvalue weighted by Gasteiger charge is 2.10. The molecule has 154 valence electrons. The molecule has 0 unspecified atom stereocenters. The summed E-state index contributed by atoms with van der Waals surface area (Å²) in [6.45, 7) is 6.98. The van der Waals surface area contributed by atoms with Crippen LogP contribution in [0.25, 0.3) is 0 Å². The minimum atomic E-state index is 0. The summed E-state index contributed by atoms with van der Waals surface area (Å²) in [5, 5.41) is 4.20. The zero-order chi connectivity index (χ0) is 18.9. The van der Waals surface area contributed by atoms with E-state index in [-0.39, 0.29) is 12.4 Å². The van der Waals surface area contributed by atoms with Crippen molar-refractivity contribution in [1.29, 1.82) is 0 Å². The molecular formula is C21H27Cl2N2O3-. The Balaban J connectivity index is 0.00000280. The zero-order valence-corrected chi connectivity index (χ0v) is 17.6. The lowest BCUT2D eigenvalue weighted by Crippen LogP contribution is -3.00. The van der Waals surface area contributed by atoms with Gasteiger partial charge >= 0.3 is 0 Å². The van der Waals surface area contributed by atoms with Crippen LogP contribution in [0.3, 0.4) is 0 Å². The van der Waals surface area contributed by atoms with Gasteiger partial charge in [-0.3, -0.25) is 4.90 Å². The Hall–Kier alpha value is -1.50. The fraction of sp³-hybridized carbons (Fsp3) is 0.429. The lowest BCUT2D eigenvalue weighted by molar-refractivity contribution is -0.00000758. The second kappa shape index (κ2) is 12.1. The van der Waals surface area contributed by atoms with Gasteiger partial charge in [-0.1, -0.05) is 29.8 Å². The second-order valence-corrected chi connectivity index (χ2v) is 6.97. The second-order valence-electron chi connectivity index (χ2n) is 6.53. The number of benzene rings is 2. The van der Waals surface area contributed by atoms with Gasteiger partial charge in [-0.2, -0.15) is 0 Å². The first-order valence-electron chi connectivity index (χ1n) is 9.29. The molecule has 0 amide bonds. The van der Waals surface area contributed by atoms with E-state index in [9.17, 15) is 0 Å². The Kier molecular flexibility index (Phi) is 9.88. The molecule has 2 aromatic carbocycles. The molecule has 1 aliphatic rings. The molecule has 1 saturated heterocycles. The Labute approximate surface area is 178 Å². The summed E-state index contributed by atoms with van der Waals surface area (Å²) in [5.41, 5.74) is 2.20. The molecule has 0 radical (unpaired) electrons. The Morgan fingerprint density at radius 1 is 1.07 bits per heavy atom. The van der Waals surface area contributed by atoms with E-state index in [0.29, 0.717) is 11.6 Å². The number of morpholine rings is 1. The van der Waals surface area contributed by atoms with Crippen molar-refractivity contribution in [3.05, 3.63) is 58.6 Å². The molecule has 28 heavy (non-hydrogen) atoms. The van der Waals surface area contributed by atoms with Gasteiger partial charge < -0.3 is 31.9 Å². The van der Waals surface area contributed by atoms with E-state index < -0.39 is 0 Å². The predicted octanol–water partition coefficient (Wildman–Crippen LogP) is 0.353. The summed E-state index contributed by atoms with van der Waals surface area (Å²) in [4.78, 5) is 2.42. The maximum absolute atomic E-state index is 6.02. The molecule has 0 spiro atoms. The van der Waals surface area contributed by atoms with Gasteiger partial charge in [0.25, 0.3) is 0 Å². The fourth-order valence-electron chi connectivity index (χ4n) is 3.02. The Morgan fingerprint density at radius 2 is 1.89 bits per heavy atom. The molecular weight excluding hydrogens is 399 g/mol. The minimum Gasteiger partial charge on any atom is -1.00 e. The van der Waals surface area contributed by atoms with Crippen molar-refractivity contribution < 1.29 is 26.6 Å². The van der Waals surface area contributed by atoms with Gasteiger partial charge in [-0.25, -0.2) is 0 Å². The van der Waals surface area contributed by atoms with Crippen LogP contribution in [0.5, 0.6) is 11.5 Å². The van der Waals surface area contributed by atoms with E-state index in [0.717, 1.165) is 63.0 Å². The van der Waals surface area contributed by atoms with Crippen molar-refractivity contribution >= 4 is 11.6 Å². The van der Waals surface area contributed by atoms with Crippen LogP contribution in [0.4, 0.5) is 0 Å². The van der Waals surface area contributed by atoms with Crippen LogP contribution in [0.2, 0.25) is 5.02 Å². The Morgan fingerprint density at radius 3 is 2.64 bits per heavy atom. The number of halogens is 2. The molecule has 0 aromatic heterocycles. The summed E-state index contributed by atoms with van der Waals surface area (Å²) in [5.74, 6) is 1.47. The van der Waals surface area contributed by atoms with Crippen LogP contribution in [0.15, 0.2) is 42.5 Å². The molecule has 5 nitrogen and oxygen atoms in total. The third-order valence-corrected chi connectivity index (χ3v) is 4.78. The van der Waals surface area contributed by atoms with Crippen molar-refractivity contribution in [2.24, 2.45) is 0 Å². The number of methoxy groups -OCH3 is 1. The molecule has 0 bridgehead atoms. The summed E-state index contributed by atoms with van der Waals surface area (Å²) in [6, 6.07) is 13.7. The van der Waals surface area contributed by atoms with Gasteiger partial charge in [0.15, 0.2) is 11.5 Å². The van der Waals surface area contributed by atoms with Gasteiger partial charge in [-0.05, 0) is 35.4 Å². The smallest absolute Gasteiger partial charge is 0.161 e. The normalized spacial score (nSPS) is 14.4. The molecule has 0 saturated carbocycles. The van der Waals surface area contributed by atoms with E-state index >= 15 is 0 Å². The molecule has 1 N–H and O–H groups in total. The summed E-state index contributed by atoms with van der Waals surface area (Å²) >= 11 is 6.02. The average Bonchev–Trinajstić information content (AvgIpc) is 2.71. The van der Waals surface area contributed by atoms with Crippen LogP contribution in [-0.2, 0) is 17.9 Å². The molecule has 0 atom stereocenters. The van der Waals surface area contributed by atoms with Crippen molar-refractivity contribution in [1.82, 2.24) is 10.2 Å². The lowest BCUT2D eigenvalue weighted by Gasteiger charge is -2.26. The first-order chi connectivity index (χ1) is 13.2. The maximum atomic E-state index is 6.02. The third kappa shape index (κ3) is 7.15. The van der Waals surface area contributed by atoms with E-state index in [1.165, 1.54) is 5.56 Å². The highest BCUT2D eigenvalue weighted by atomic mass is 35.5. The van der Waals surface area contributed by atoms with E-state index in [1.54, 1.807) is 7.11 Å². The highest BCUT2D eigenvalue weighted by molar-refractivity contribution is 6.30. The largest absolute Gasteiger partial charge is 1.00 e. The van der Waals surface area contributed by atoms with Gasteiger partial charge in [0.2, 0.25) is 0 Å². The third-order valence-electron chi connectivity index (χ3n) is 4.55. The topological polar surface area (TPSA) is 43.0 Å². The van der Waals surface area contributed by atoms with Crippen LogP contribution in [0, 0.1) is 0 Å². The van der Waals surface area contributed by atoms with Crippen LogP contribution < -0.4 is 27.2 Å². The molecule has 7 heteroatoms. The van der Waals surface area contributed by atoms with Crippen LogP contribution >= 0.6 is 11.6 Å². The molecule has 0 aliphatic carbocycles. The fourth-order valence-corrected chi connectivity index (χ4v) is 3.24. The van der Waals surface area contributed by atoms with Crippen molar-refractivity contribution in [3.63, 3.8) is 0 Å². The highest BCUT2D eigenvalue weighted by Crippen LogP contribution is 2.29. The van der Waals surface area contributed by atoms with E-state index in [2.05, 4.69) is 16.3 Å². The molecule has 1 aliphatic heterocycles. The first-order valence-corrected chi connectivity index (χ1v) is 9.67. The number of ether oxygens (including phenoxy) is 3. The monoisotopic (exact) mass is 425 g/mol.